The van der Waals surface area contributed by atoms with Crippen LogP contribution in [0.5, 0.6) is 0 Å². The molecule has 0 amide bonds. The molecule has 134 valence electrons. The van der Waals surface area contributed by atoms with Gasteiger partial charge in [-0.15, -0.1) is 0 Å². The van der Waals surface area contributed by atoms with E-state index in [0.29, 0.717) is 6.54 Å². The average Bonchev–Trinajstić information content (AvgIpc) is 3.03. The minimum atomic E-state index is -4.50. The van der Waals surface area contributed by atoms with Crippen LogP contribution in [0.4, 0.5) is 24.9 Å². The van der Waals surface area contributed by atoms with E-state index in [1.807, 2.05) is 30.0 Å². The molecule has 0 unspecified atom stereocenters. The number of rotatable bonds is 3. The molecule has 25 heavy (non-hydrogen) atoms. The SMILES string of the molecule is Cc1cccc([C@@H]2CCCN2c2nc(N(C)C)cc(C(F)(F)F)n2)c1. The molecule has 1 aromatic heterocycles. The fourth-order valence-electron chi connectivity index (χ4n) is 3.15. The first-order chi connectivity index (χ1) is 11.8. The standard InChI is InChI=1S/C18H21F3N4/c1-12-6-4-7-13(10-12)14-8-5-9-25(14)17-22-15(18(19,20)21)11-16(23-17)24(2)3/h4,6-7,10-11,14H,5,8-9H2,1-3H3/t14-/m0/s1. The van der Waals surface area contributed by atoms with Gasteiger partial charge in [-0.05, 0) is 25.3 Å². The molecule has 0 saturated carbocycles. The fourth-order valence-corrected chi connectivity index (χ4v) is 3.15. The number of benzene rings is 1. The third-order valence-corrected chi connectivity index (χ3v) is 4.39. The van der Waals surface area contributed by atoms with Crippen LogP contribution in [0.1, 0.15) is 35.7 Å². The molecule has 0 bridgehead atoms. The Kier molecular flexibility index (Phi) is 4.58. The Morgan fingerprint density at radius 2 is 1.92 bits per heavy atom. The van der Waals surface area contributed by atoms with Crippen molar-refractivity contribution < 1.29 is 13.2 Å². The topological polar surface area (TPSA) is 32.3 Å². The van der Waals surface area contributed by atoms with Gasteiger partial charge in [0.1, 0.15) is 5.82 Å². The predicted octanol–water partition coefficient (Wildman–Crippen LogP) is 4.21. The normalized spacial score (nSPS) is 17.8. The molecule has 3 rings (SSSR count). The molecule has 0 aliphatic carbocycles. The van der Waals surface area contributed by atoms with Crippen LogP contribution >= 0.6 is 0 Å². The molecule has 0 radical (unpaired) electrons. The monoisotopic (exact) mass is 350 g/mol. The smallest absolute Gasteiger partial charge is 0.363 e. The van der Waals surface area contributed by atoms with Crippen molar-refractivity contribution in [1.29, 1.82) is 0 Å². The molecular formula is C18H21F3N4. The molecule has 1 fully saturated rings. The second-order valence-electron chi connectivity index (χ2n) is 6.57. The Balaban J connectivity index is 2.03. The Morgan fingerprint density at radius 3 is 2.56 bits per heavy atom. The molecule has 1 aliphatic heterocycles. The maximum Gasteiger partial charge on any atom is 0.433 e. The summed E-state index contributed by atoms with van der Waals surface area (Å²) in [4.78, 5) is 11.7. The molecule has 1 saturated heterocycles. The molecule has 1 atom stereocenters. The number of alkyl halides is 3. The fraction of sp³-hybridized carbons (Fsp3) is 0.444. The van der Waals surface area contributed by atoms with Gasteiger partial charge in [-0.25, -0.2) is 4.98 Å². The van der Waals surface area contributed by atoms with E-state index in [1.54, 1.807) is 19.0 Å². The van der Waals surface area contributed by atoms with Crippen LogP contribution in [0.15, 0.2) is 30.3 Å². The van der Waals surface area contributed by atoms with E-state index in [0.717, 1.165) is 30.0 Å². The molecule has 4 nitrogen and oxygen atoms in total. The summed E-state index contributed by atoms with van der Waals surface area (Å²) in [5.41, 5.74) is 1.31. The van der Waals surface area contributed by atoms with E-state index in [9.17, 15) is 13.2 Å². The Bertz CT molecular complexity index is 758. The molecule has 0 spiro atoms. The second-order valence-corrected chi connectivity index (χ2v) is 6.57. The molecule has 2 heterocycles. The number of aryl methyl sites for hydroxylation is 1. The second kappa shape index (κ2) is 6.54. The summed E-state index contributed by atoms with van der Waals surface area (Å²) >= 11 is 0. The first-order valence-corrected chi connectivity index (χ1v) is 8.22. The molecule has 2 aromatic rings. The van der Waals surface area contributed by atoms with Gasteiger partial charge >= 0.3 is 6.18 Å². The molecule has 0 N–H and O–H groups in total. The molecule has 1 aromatic carbocycles. The number of anilines is 2. The molecule has 1 aliphatic rings. The zero-order valence-corrected chi connectivity index (χ0v) is 14.5. The number of aromatic nitrogens is 2. The van der Waals surface area contributed by atoms with Crippen molar-refractivity contribution in [2.24, 2.45) is 0 Å². The van der Waals surface area contributed by atoms with Crippen molar-refractivity contribution in [2.75, 3.05) is 30.4 Å². The Morgan fingerprint density at radius 1 is 1.16 bits per heavy atom. The number of hydrogen-bond acceptors (Lipinski definition) is 4. The lowest BCUT2D eigenvalue weighted by molar-refractivity contribution is -0.141. The van der Waals surface area contributed by atoms with Gasteiger partial charge in [0.05, 0.1) is 6.04 Å². The predicted molar refractivity (Wildman–Crippen MR) is 91.9 cm³/mol. The zero-order chi connectivity index (χ0) is 18.2. The van der Waals surface area contributed by atoms with Crippen molar-refractivity contribution in [2.45, 2.75) is 32.0 Å². The van der Waals surface area contributed by atoms with Crippen LogP contribution in [0.2, 0.25) is 0 Å². The summed E-state index contributed by atoms with van der Waals surface area (Å²) in [5, 5.41) is 0. The quantitative estimate of drug-likeness (QED) is 0.830. The maximum absolute atomic E-state index is 13.2. The number of hydrogen-bond donors (Lipinski definition) is 0. The third kappa shape index (κ3) is 3.70. The average molecular weight is 350 g/mol. The maximum atomic E-state index is 13.2. The summed E-state index contributed by atoms with van der Waals surface area (Å²) < 4.78 is 39.7. The van der Waals surface area contributed by atoms with Gasteiger partial charge in [-0.2, -0.15) is 18.2 Å². The minimum Gasteiger partial charge on any atom is -0.363 e. The number of halogens is 3. The van der Waals surface area contributed by atoms with Gasteiger partial charge in [0.2, 0.25) is 5.95 Å². The van der Waals surface area contributed by atoms with Gasteiger partial charge in [-0.3, -0.25) is 0 Å². The number of nitrogens with zero attached hydrogens (tertiary/aromatic N) is 4. The highest BCUT2D eigenvalue weighted by molar-refractivity contribution is 5.48. The van der Waals surface area contributed by atoms with Crippen molar-refractivity contribution in [3.63, 3.8) is 0 Å². The van der Waals surface area contributed by atoms with Gasteiger partial charge in [0, 0.05) is 26.7 Å². The lowest BCUT2D eigenvalue weighted by atomic mass is 10.0. The summed E-state index contributed by atoms with van der Waals surface area (Å²) in [7, 11) is 3.35. The largest absolute Gasteiger partial charge is 0.433 e. The lowest BCUT2D eigenvalue weighted by Crippen LogP contribution is -2.27. The van der Waals surface area contributed by atoms with E-state index < -0.39 is 11.9 Å². The van der Waals surface area contributed by atoms with E-state index in [2.05, 4.69) is 16.0 Å². The third-order valence-electron chi connectivity index (χ3n) is 4.39. The Hall–Kier alpha value is -2.31. The summed E-state index contributed by atoms with van der Waals surface area (Å²) in [5.74, 6) is 0.398. The van der Waals surface area contributed by atoms with Crippen molar-refractivity contribution >= 4 is 11.8 Å². The van der Waals surface area contributed by atoms with E-state index >= 15 is 0 Å². The van der Waals surface area contributed by atoms with Gasteiger partial charge in [0.15, 0.2) is 5.69 Å². The minimum absolute atomic E-state index is 0.00149. The zero-order valence-electron chi connectivity index (χ0n) is 14.5. The summed E-state index contributed by atoms with van der Waals surface area (Å²) in [6, 6.07) is 9.05. The first-order valence-electron chi connectivity index (χ1n) is 8.22. The van der Waals surface area contributed by atoms with Crippen molar-refractivity contribution in [1.82, 2.24) is 9.97 Å². The Labute approximate surface area is 145 Å². The summed E-state index contributed by atoms with van der Waals surface area (Å²) in [6.45, 7) is 2.65. The highest BCUT2D eigenvalue weighted by atomic mass is 19.4. The first kappa shape index (κ1) is 17.5. The molecular weight excluding hydrogens is 329 g/mol. The highest BCUT2D eigenvalue weighted by Gasteiger charge is 2.36. The molecule has 7 heteroatoms. The van der Waals surface area contributed by atoms with Crippen LogP contribution in [-0.4, -0.2) is 30.6 Å². The van der Waals surface area contributed by atoms with Crippen LogP contribution in [-0.2, 0) is 6.18 Å². The van der Waals surface area contributed by atoms with Crippen LogP contribution < -0.4 is 9.80 Å². The van der Waals surface area contributed by atoms with Crippen LogP contribution in [0, 0.1) is 6.92 Å². The van der Waals surface area contributed by atoms with Gasteiger partial charge in [-0.1, -0.05) is 29.8 Å². The summed E-state index contributed by atoms with van der Waals surface area (Å²) in [6.07, 6.45) is -2.73. The van der Waals surface area contributed by atoms with Crippen molar-refractivity contribution in [3.8, 4) is 0 Å². The lowest BCUT2D eigenvalue weighted by Gasteiger charge is -2.27. The van der Waals surface area contributed by atoms with E-state index in [-0.39, 0.29) is 17.8 Å². The van der Waals surface area contributed by atoms with E-state index in [1.165, 1.54) is 0 Å². The van der Waals surface area contributed by atoms with Crippen molar-refractivity contribution in [3.05, 3.63) is 47.2 Å². The highest BCUT2D eigenvalue weighted by Crippen LogP contribution is 2.37. The van der Waals surface area contributed by atoms with Crippen LogP contribution in [0.3, 0.4) is 0 Å². The van der Waals surface area contributed by atoms with E-state index in [4.69, 9.17) is 0 Å². The van der Waals surface area contributed by atoms with Gasteiger partial charge < -0.3 is 9.80 Å². The van der Waals surface area contributed by atoms with Gasteiger partial charge in [0.25, 0.3) is 0 Å². The van der Waals surface area contributed by atoms with Crippen LogP contribution in [0.25, 0.3) is 0 Å².